The fraction of sp³-hybridized carbons (Fsp3) is 1.00. The normalized spacial score (nSPS) is 48.3. The second kappa shape index (κ2) is 4.79. The Hall–Kier alpha value is -0.0800. The molecule has 1 saturated carbocycles. The second-order valence-electron chi connectivity index (χ2n) is 7.29. The van der Waals surface area contributed by atoms with E-state index in [0.717, 1.165) is 30.0 Å². The summed E-state index contributed by atoms with van der Waals surface area (Å²) in [6.45, 7) is 2.81. The van der Waals surface area contributed by atoms with Crippen LogP contribution in [-0.2, 0) is 0 Å². The Balaban J connectivity index is 1.41. The minimum Gasteiger partial charge on any atom is -0.311 e. The first-order valence-electron chi connectivity index (χ1n) is 8.40. The van der Waals surface area contributed by atoms with Gasteiger partial charge in [0, 0.05) is 24.7 Å². The van der Waals surface area contributed by atoms with Crippen molar-refractivity contribution < 1.29 is 0 Å². The fourth-order valence-corrected chi connectivity index (χ4v) is 5.40. The zero-order valence-electron chi connectivity index (χ0n) is 11.6. The Kier molecular flexibility index (Phi) is 3.12. The van der Waals surface area contributed by atoms with E-state index in [-0.39, 0.29) is 0 Å². The van der Waals surface area contributed by atoms with E-state index in [1.807, 2.05) is 0 Å². The Morgan fingerprint density at radius 1 is 0.944 bits per heavy atom. The first kappa shape index (κ1) is 11.7. The van der Waals surface area contributed by atoms with Crippen LogP contribution in [0.2, 0.25) is 0 Å². The molecule has 2 bridgehead atoms. The summed E-state index contributed by atoms with van der Waals surface area (Å²) in [5, 5.41) is 3.81. The molecular formula is C16H28N2. The Morgan fingerprint density at radius 3 is 2.67 bits per heavy atom. The minimum atomic E-state index is 0.874. The average molecular weight is 248 g/mol. The van der Waals surface area contributed by atoms with E-state index >= 15 is 0 Å². The van der Waals surface area contributed by atoms with Gasteiger partial charge in [0.2, 0.25) is 0 Å². The SMILES string of the molecule is C1CCC2C(C1)CCCN2CC1CC2CCC1N2. The van der Waals surface area contributed by atoms with Crippen molar-refractivity contribution in [1.29, 1.82) is 0 Å². The zero-order valence-corrected chi connectivity index (χ0v) is 11.6. The lowest BCUT2D eigenvalue weighted by Crippen LogP contribution is -2.49. The van der Waals surface area contributed by atoms with E-state index in [1.165, 1.54) is 70.9 Å². The Morgan fingerprint density at radius 2 is 1.83 bits per heavy atom. The van der Waals surface area contributed by atoms with E-state index in [2.05, 4.69) is 10.2 Å². The van der Waals surface area contributed by atoms with Gasteiger partial charge >= 0.3 is 0 Å². The molecule has 18 heavy (non-hydrogen) atoms. The number of nitrogens with zero attached hydrogens (tertiary/aromatic N) is 1. The van der Waals surface area contributed by atoms with Crippen molar-refractivity contribution in [2.45, 2.75) is 75.9 Å². The molecule has 4 fully saturated rings. The first-order valence-corrected chi connectivity index (χ1v) is 8.40. The third-order valence-corrected chi connectivity index (χ3v) is 6.26. The molecule has 102 valence electrons. The van der Waals surface area contributed by atoms with Crippen LogP contribution >= 0.6 is 0 Å². The smallest absolute Gasteiger partial charge is 0.0124 e. The van der Waals surface area contributed by atoms with Crippen LogP contribution in [0.4, 0.5) is 0 Å². The maximum Gasteiger partial charge on any atom is 0.0124 e. The van der Waals surface area contributed by atoms with Gasteiger partial charge in [0.25, 0.3) is 0 Å². The minimum absolute atomic E-state index is 0.874. The van der Waals surface area contributed by atoms with Crippen LogP contribution in [0.25, 0.3) is 0 Å². The summed E-state index contributed by atoms with van der Waals surface area (Å²) in [5.41, 5.74) is 0. The van der Waals surface area contributed by atoms with Gasteiger partial charge in [0.05, 0.1) is 0 Å². The molecule has 5 atom stereocenters. The van der Waals surface area contributed by atoms with Crippen LogP contribution in [-0.4, -0.2) is 36.1 Å². The van der Waals surface area contributed by atoms with Gasteiger partial charge in [-0.05, 0) is 63.3 Å². The molecule has 3 heterocycles. The average Bonchev–Trinajstić information content (AvgIpc) is 3.01. The summed E-state index contributed by atoms with van der Waals surface area (Å²) >= 11 is 0. The lowest BCUT2D eigenvalue weighted by Gasteiger charge is -2.45. The third kappa shape index (κ3) is 2.02. The summed E-state index contributed by atoms with van der Waals surface area (Å²) in [5.74, 6) is 2.03. The zero-order chi connectivity index (χ0) is 11.9. The monoisotopic (exact) mass is 248 g/mol. The molecule has 3 aliphatic heterocycles. The molecule has 0 aromatic carbocycles. The topological polar surface area (TPSA) is 15.3 Å². The summed E-state index contributed by atoms with van der Waals surface area (Å²) in [6, 6.07) is 2.72. The van der Waals surface area contributed by atoms with Gasteiger partial charge in [0.1, 0.15) is 0 Å². The van der Waals surface area contributed by atoms with Crippen molar-refractivity contribution in [3.63, 3.8) is 0 Å². The molecule has 0 aromatic heterocycles. The molecule has 2 nitrogen and oxygen atoms in total. The van der Waals surface area contributed by atoms with Crippen molar-refractivity contribution in [1.82, 2.24) is 10.2 Å². The number of hydrogen-bond acceptors (Lipinski definition) is 2. The Bertz CT molecular complexity index is 301. The van der Waals surface area contributed by atoms with Crippen molar-refractivity contribution in [3.05, 3.63) is 0 Å². The van der Waals surface area contributed by atoms with Crippen LogP contribution in [0.3, 0.4) is 0 Å². The highest BCUT2D eigenvalue weighted by molar-refractivity contribution is 4.99. The molecule has 0 spiro atoms. The summed E-state index contributed by atoms with van der Waals surface area (Å²) < 4.78 is 0. The quantitative estimate of drug-likeness (QED) is 0.808. The first-order chi connectivity index (χ1) is 8.90. The summed E-state index contributed by atoms with van der Waals surface area (Å²) in [6.07, 6.45) is 13.4. The molecule has 0 radical (unpaired) electrons. The van der Waals surface area contributed by atoms with E-state index in [0.29, 0.717) is 0 Å². The summed E-state index contributed by atoms with van der Waals surface area (Å²) in [4.78, 5) is 2.90. The van der Waals surface area contributed by atoms with E-state index in [1.54, 1.807) is 0 Å². The maximum atomic E-state index is 3.81. The van der Waals surface area contributed by atoms with Gasteiger partial charge in [-0.1, -0.05) is 12.8 Å². The molecule has 3 saturated heterocycles. The molecule has 1 N–H and O–H groups in total. The Labute approximate surface area is 111 Å². The lowest BCUT2D eigenvalue weighted by molar-refractivity contribution is 0.0448. The van der Waals surface area contributed by atoms with E-state index in [4.69, 9.17) is 0 Å². The van der Waals surface area contributed by atoms with Crippen LogP contribution in [0.5, 0.6) is 0 Å². The van der Waals surface area contributed by atoms with Crippen LogP contribution in [0, 0.1) is 11.8 Å². The fourth-order valence-electron chi connectivity index (χ4n) is 5.40. The van der Waals surface area contributed by atoms with Gasteiger partial charge < -0.3 is 5.32 Å². The lowest BCUT2D eigenvalue weighted by atomic mass is 9.77. The van der Waals surface area contributed by atoms with E-state index < -0.39 is 0 Å². The molecule has 1 aliphatic carbocycles. The third-order valence-electron chi connectivity index (χ3n) is 6.26. The van der Waals surface area contributed by atoms with Gasteiger partial charge in [-0.3, -0.25) is 4.90 Å². The molecular weight excluding hydrogens is 220 g/mol. The molecule has 2 heteroatoms. The molecule has 0 aromatic rings. The van der Waals surface area contributed by atoms with Crippen molar-refractivity contribution in [3.8, 4) is 0 Å². The van der Waals surface area contributed by atoms with Crippen LogP contribution in [0.1, 0.15) is 57.8 Å². The van der Waals surface area contributed by atoms with Crippen LogP contribution < -0.4 is 5.32 Å². The number of hydrogen-bond donors (Lipinski definition) is 1. The maximum absolute atomic E-state index is 3.81. The number of nitrogens with one attached hydrogen (secondary N) is 1. The predicted molar refractivity (Wildman–Crippen MR) is 74.6 cm³/mol. The highest BCUT2D eigenvalue weighted by Gasteiger charge is 2.41. The number of piperidine rings is 1. The standard InChI is InChI=1S/C16H28N2/c1-2-6-16-12(4-1)5-3-9-18(16)11-13-10-14-7-8-15(13)17-14/h12-17H,1-11H2. The number of rotatable bonds is 2. The molecule has 0 amide bonds. The van der Waals surface area contributed by atoms with Gasteiger partial charge in [-0.15, -0.1) is 0 Å². The summed E-state index contributed by atoms with van der Waals surface area (Å²) in [7, 11) is 0. The molecule has 5 unspecified atom stereocenters. The van der Waals surface area contributed by atoms with Gasteiger partial charge in [-0.25, -0.2) is 0 Å². The van der Waals surface area contributed by atoms with Gasteiger partial charge in [0.15, 0.2) is 0 Å². The molecule has 4 aliphatic rings. The number of likely N-dealkylation sites (tertiary alicyclic amines) is 1. The number of fused-ring (bicyclic) bond motifs is 3. The second-order valence-corrected chi connectivity index (χ2v) is 7.29. The van der Waals surface area contributed by atoms with Crippen LogP contribution in [0.15, 0.2) is 0 Å². The highest BCUT2D eigenvalue weighted by atomic mass is 15.2. The van der Waals surface area contributed by atoms with Crippen molar-refractivity contribution in [2.75, 3.05) is 13.1 Å². The largest absolute Gasteiger partial charge is 0.311 e. The highest BCUT2D eigenvalue weighted by Crippen LogP contribution is 2.38. The molecule has 4 rings (SSSR count). The van der Waals surface area contributed by atoms with Gasteiger partial charge in [-0.2, -0.15) is 0 Å². The predicted octanol–water partition coefficient (Wildman–Crippen LogP) is 2.78. The van der Waals surface area contributed by atoms with Crippen molar-refractivity contribution in [2.24, 2.45) is 11.8 Å². The van der Waals surface area contributed by atoms with Crippen molar-refractivity contribution >= 4 is 0 Å². The van der Waals surface area contributed by atoms with E-state index in [9.17, 15) is 0 Å².